The molecule has 4 aromatic rings. The van der Waals surface area contributed by atoms with Crippen molar-refractivity contribution >= 4 is 39.2 Å². The van der Waals surface area contributed by atoms with Gasteiger partial charge in [-0.3, -0.25) is 14.2 Å². The molecule has 3 aromatic heterocycles. The number of carbonyl (C=O) groups is 2. The summed E-state index contributed by atoms with van der Waals surface area (Å²) in [6, 6.07) is 14.5. The van der Waals surface area contributed by atoms with Crippen LogP contribution in [-0.4, -0.2) is 26.4 Å². The summed E-state index contributed by atoms with van der Waals surface area (Å²) in [5.74, 6) is -0.523. The summed E-state index contributed by atoms with van der Waals surface area (Å²) in [6.45, 7) is 1.60. The number of benzene rings is 1. The van der Waals surface area contributed by atoms with E-state index in [2.05, 4.69) is 15.3 Å². The molecule has 1 amide bonds. The van der Waals surface area contributed by atoms with E-state index in [0.29, 0.717) is 26.5 Å². The minimum atomic E-state index is -0.511. The van der Waals surface area contributed by atoms with E-state index in [1.54, 1.807) is 31.3 Å². The fourth-order valence-corrected chi connectivity index (χ4v) is 4.06. The number of thiophene rings is 1. The van der Waals surface area contributed by atoms with E-state index in [4.69, 9.17) is 4.74 Å². The lowest BCUT2D eigenvalue weighted by atomic mass is 10.2. The maximum Gasteiger partial charge on any atom is 0.349 e. The van der Waals surface area contributed by atoms with Gasteiger partial charge in [0.15, 0.2) is 0 Å². The highest BCUT2D eigenvalue weighted by Crippen LogP contribution is 2.27. The van der Waals surface area contributed by atoms with Crippen molar-refractivity contribution in [1.29, 1.82) is 0 Å². The van der Waals surface area contributed by atoms with Crippen molar-refractivity contribution in [2.45, 2.75) is 20.1 Å². The molecule has 9 heteroatoms. The van der Waals surface area contributed by atoms with E-state index in [1.165, 1.54) is 10.9 Å². The Bertz CT molecular complexity index is 1300. The number of pyridine rings is 1. The van der Waals surface area contributed by atoms with Crippen LogP contribution in [0.25, 0.3) is 10.2 Å². The number of ether oxygens (including phenoxy) is 1. The summed E-state index contributed by atoms with van der Waals surface area (Å²) in [4.78, 5) is 46.8. The molecular weight excluding hydrogens is 416 g/mol. The number of anilines is 1. The Morgan fingerprint density at radius 2 is 1.87 bits per heavy atom. The van der Waals surface area contributed by atoms with Crippen LogP contribution in [-0.2, 0) is 22.7 Å². The Balaban J connectivity index is 1.54. The van der Waals surface area contributed by atoms with Gasteiger partial charge in [-0.1, -0.05) is 36.4 Å². The lowest BCUT2D eigenvalue weighted by Crippen LogP contribution is -2.28. The van der Waals surface area contributed by atoms with Crippen molar-refractivity contribution in [3.05, 3.63) is 87.4 Å². The molecule has 0 radical (unpaired) electrons. The maximum atomic E-state index is 12.9. The number of esters is 1. The molecule has 4 rings (SSSR count). The van der Waals surface area contributed by atoms with Crippen molar-refractivity contribution in [3.8, 4) is 0 Å². The van der Waals surface area contributed by atoms with Crippen molar-refractivity contribution in [3.63, 3.8) is 0 Å². The molecule has 0 saturated heterocycles. The number of fused-ring (bicyclic) bond motifs is 1. The molecule has 31 heavy (non-hydrogen) atoms. The lowest BCUT2D eigenvalue weighted by Gasteiger charge is -2.06. The Morgan fingerprint density at radius 1 is 1.10 bits per heavy atom. The first-order valence-electron chi connectivity index (χ1n) is 9.43. The number of carbonyl (C=O) groups excluding carboxylic acids is 2. The third-order valence-corrected chi connectivity index (χ3v) is 5.74. The highest BCUT2D eigenvalue weighted by Gasteiger charge is 2.21. The lowest BCUT2D eigenvalue weighted by molar-refractivity contribution is -0.116. The maximum absolute atomic E-state index is 12.9. The predicted molar refractivity (Wildman–Crippen MR) is 117 cm³/mol. The van der Waals surface area contributed by atoms with Gasteiger partial charge in [0.2, 0.25) is 5.91 Å². The van der Waals surface area contributed by atoms with E-state index in [1.807, 2.05) is 30.3 Å². The van der Waals surface area contributed by atoms with Gasteiger partial charge in [-0.25, -0.2) is 14.8 Å². The normalized spacial score (nSPS) is 10.7. The minimum absolute atomic E-state index is 0.138. The summed E-state index contributed by atoms with van der Waals surface area (Å²) < 4.78 is 6.60. The topological polar surface area (TPSA) is 103 Å². The minimum Gasteiger partial charge on any atom is -0.457 e. The van der Waals surface area contributed by atoms with Gasteiger partial charge in [0.1, 0.15) is 28.7 Å². The van der Waals surface area contributed by atoms with Crippen LogP contribution < -0.4 is 10.9 Å². The summed E-state index contributed by atoms with van der Waals surface area (Å²) in [6.07, 6.45) is 2.86. The average molecular weight is 434 g/mol. The standard InChI is InChI=1S/C22H18N4O4S/c1-14-18-20(31-19(14)22(29)30-12-15-7-3-2-4-8-15)24-13-26(21(18)28)11-17(27)25-16-9-5-6-10-23-16/h2-10,13H,11-12H2,1H3,(H,23,25,27). The molecule has 0 bridgehead atoms. The van der Waals surface area contributed by atoms with E-state index in [9.17, 15) is 14.4 Å². The molecule has 0 atom stereocenters. The fraction of sp³-hybridized carbons (Fsp3) is 0.136. The molecule has 156 valence electrons. The van der Waals surface area contributed by atoms with Crippen LogP contribution in [0.1, 0.15) is 20.8 Å². The van der Waals surface area contributed by atoms with Crippen molar-refractivity contribution in [2.75, 3.05) is 5.32 Å². The predicted octanol–water partition coefficient (Wildman–Crippen LogP) is 3.16. The number of hydrogen-bond acceptors (Lipinski definition) is 7. The zero-order valence-electron chi connectivity index (χ0n) is 16.6. The molecule has 3 heterocycles. The zero-order valence-corrected chi connectivity index (χ0v) is 17.4. The van der Waals surface area contributed by atoms with Gasteiger partial charge >= 0.3 is 5.97 Å². The van der Waals surface area contributed by atoms with Gasteiger partial charge in [0.05, 0.1) is 11.7 Å². The molecule has 0 aliphatic heterocycles. The molecule has 8 nitrogen and oxygen atoms in total. The fourth-order valence-electron chi connectivity index (χ4n) is 3.03. The summed E-state index contributed by atoms with van der Waals surface area (Å²) in [5.41, 5.74) is 0.973. The van der Waals surface area contributed by atoms with Gasteiger partial charge < -0.3 is 10.1 Å². The van der Waals surface area contributed by atoms with Crippen LogP contribution in [0.5, 0.6) is 0 Å². The SMILES string of the molecule is Cc1c(C(=O)OCc2ccccc2)sc2ncn(CC(=O)Nc3ccccn3)c(=O)c12. The summed E-state index contributed by atoms with van der Waals surface area (Å²) in [7, 11) is 0. The summed E-state index contributed by atoms with van der Waals surface area (Å²) in [5, 5.41) is 2.94. The third kappa shape index (κ3) is 4.51. The van der Waals surface area contributed by atoms with Crippen LogP contribution in [0.2, 0.25) is 0 Å². The van der Waals surface area contributed by atoms with Crippen LogP contribution >= 0.6 is 11.3 Å². The smallest absolute Gasteiger partial charge is 0.349 e. The molecule has 0 saturated carbocycles. The average Bonchev–Trinajstić information content (AvgIpc) is 3.12. The van der Waals surface area contributed by atoms with Crippen molar-refractivity contribution < 1.29 is 14.3 Å². The Hall–Kier alpha value is -3.85. The second kappa shape index (κ2) is 8.88. The largest absolute Gasteiger partial charge is 0.457 e. The number of amides is 1. The first-order valence-corrected chi connectivity index (χ1v) is 10.2. The molecule has 0 unspecified atom stereocenters. The number of hydrogen-bond donors (Lipinski definition) is 1. The Kier molecular flexibility index (Phi) is 5.85. The number of nitrogens with one attached hydrogen (secondary N) is 1. The zero-order chi connectivity index (χ0) is 21.8. The van der Waals surface area contributed by atoms with E-state index in [0.717, 1.165) is 16.9 Å². The van der Waals surface area contributed by atoms with Crippen LogP contribution in [0.4, 0.5) is 5.82 Å². The van der Waals surface area contributed by atoms with Crippen molar-refractivity contribution in [1.82, 2.24) is 14.5 Å². The molecule has 0 spiro atoms. The molecule has 0 aliphatic rings. The number of nitrogens with zero attached hydrogens (tertiary/aromatic N) is 3. The van der Waals surface area contributed by atoms with E-state index < -0.39 is 17.4 Å². The van der Waals surface area contributed by atoms with Crippen LogP contribution in [0, 0.1) is 6.92 Å². The highest BCUT2D eigenvalue weighted by atomic mass is 32.1. The van der Waals surface area contributed by atoms with Crippen LogP contribution in [0.15, 0.2) is 65.8 Å². The monoisotopic (exact) mass is 434 g/mol. The van der Waals surface area contributed by atoms with Crippen molar-refractivity contribution in [2.24, 2.45) is 0 Å². The first-order chi connectivity index (χ1) is 15.0. The van der Waals surface area contributed by atoms with Gasteiger partial charge in [0, 0.05) is 6.20 Å². The summed E-state index contributed by atoms with van der Waals surface area (Å²) >= 11 is 1.10. The van der Waals surface area contributed by atoms with Gasteiger partial charge in [-0.15, -0.1) is 11.3 Å². The molecule has 1 aromatic carbocycles. The van der Waals surface area contributed by atoms with E-state index >= 15 is 0 Å². The molecule has 0 fully saturated rings. The Morgan fingerprint density at radius 3 is 2.61 bits per heavy atom. The molecular formula is C22H18N4O4S. The Labute approximate surface area is 181 Å². The molecule has 0 aliphatic carbocycles. The second-order valence-electron chi connectivity index (χ2n) is 6.74. The number of aryl methyl sites for hydroxylation is 1. The highest BCUT2D eigenvalue weighted by molar-refractivity contribution is 7.20. The second-order valence-corrected chi connectivity index (χ2v) is 7.74. The van der Waals surface area contributed by atoms with Gasteiger partial charge in [0.25, 0.3) is 5.56 Å². The number of aromatic nitrogens is 3. The van der Waals surface area contributed by atoms with Gasteiger partial charge in [-0.2, -0.15) is 0 Å². The van der Waals surface area contributed by atoms with Gasteiger partial charge in [-0.05, 0) is 30.2 Å². The van der Waals surface area contributed by atoms with Crippen LogP contribution in [0.3, 0.4) is 0 Å². The molecule has 1 N–H and O–H groups in total. The first kappa shape index (κ1) is 20.4. The van der Waals surface area contributed by atoms with E-state index in [-0.39, 0.29) is 13.2 Å². The number of rotatable bonds is 6. The quantitative estimate of drug-likeness (QED) is 0.468. The third-order valence-electron chi connectivity index (χ3n) is 4.56.